The molecule has 0 unspecified atom stereocenters. The Hall–Kier alpha value is -1.92. The van der Waals surface area contributed by atoms with Gasteiger partial charge in [0.2, 0.25) is 17.4 Å². The third-order valence-electron chi connectivity index (χ3n) is 9.22. The molecule has 0 N–H and O–H groups in total. The number of benzene rings is 2. The smallest absolute Gasteiger partial charge is 0.219 e. The van der Waals surface area contributed by atoms with Gasteiger partial charge in [0, 0.05) is 32.9 Å². The highest BCUT2D eigenvalue weighted by Gasteiger charge is 2.50. The molecule has 3 saturated heterocycles. The standard InChI is InChI=1S/C36H48O9/c1-31(2)16-40-34(41-17-31)22-37-13-25-7-26-9-27(8-25)15-39-24-36(44-20-33(5,6)21-45-36)30-11-28(34)10-29(12-30)35(23-38-14-26)42-18-32(3,4)19-43-35/h7-12H,13-24H2,1-6H3. The van der Waals surface area contributed by atoms with Crippen LogP contribution in [0.3, 0.4) is 0 Å². The third-order valence-corrected chi connectivity index (χ3v) is 9.22. The van der Waals surface area contributed by atoms with E-state index in [0.717, 1.165) is 33.4 Å². The predicted molar refractivity (Wildman–Crippen MR) is 164 cm³/mol. The normalized spacial score (nSPS) is 27.9. The Morgan fingerprint density at radius 3 is 0.844 bits per heavy atom. The van der Waals surface area contributed by atoms with Crippen molar-refractivity contribution in [1.82, 2.24) is 0 Å². The first-order valence-corrected chi connectivity index (χ1v) is 16.1. The minimum Gasteiger partial charge on any atom is -0.371 e. The van der Waals surface area contributed by atoms with Crippen LogP contribution in [0.15, 0.2) is 36.4 Å². The van der Waals surface area contributed by atoms with E-state index in [9.17, 15) is 0 Å². The summed E-state index contributed by atoms with van der Waals surface area (Å²) in [7, 11) is 0. The van der Waals surface area contributed by atoms with E-state index in [-0.39, 0.29) is 36.1 Å². The van der Waals surface area contributed by atoms with Gasteiger partial charge >= 0.3 is 0 Å². The van der Waals surface area contributed by atoms with Gasteiger partial charge in [-0.1, -0.05) is 59.7 Å². The molecule has 45 heavy (non-hydrogen) atoms. The molecule has 3 spiro atoms. The first-order chi connectivity index (χ1) is 21.3. The Balaban J connectivity index is 1.44. The van der Waals surface area contributed by atoms with E-state index >= 15 is 0 Å². The average Bonchev–Trinajstić information content (AvgIpc) is 2.99. The van der Waals surface area contributed by atoms with Gasteiger partial charge in [0.1, 0.15) is 19.8 Å². The highest BCUT2D eigenvalue weighted by Crippen LogP contribution is 2.46. The molecule has 3 fully saturated rings. The Bertz CT molecular complexity index is 1190. The zero-order valence-electron chi connectivity index (χ0n) is 27.6. The van der Waals surface area contributed by atoms with Crippen LogP contribution < -0.4 is 0 Å². The van der Waals surface area contributed by atoms with E-state index in [0.29, 0.717) is 59.5 Å². The topological polar surface area (TPSA) is 83.1 Å². The maximum atomic E-state index is 6.69. The van der Waals surface area contributed by atoms with Crippen molar-refractivity contribution in [2.24, 2.45) is 16.2 Å². The van der Waals surface area contributed by atoms with E-state index in [2.05, 4.69) is 77.9 Å². The van der Waals surface area contributed by atoms with E-state index < -0.39 is 17.4 Å². The van der Waals surface area contributed by atoms with E-state index in [1.54, 1.807) is 0 Å². The lowest BCUT2D eigenvalue weighted by molar-refractivity contribution is -0.332. The molecule has 9 heteroatoms. The molecule has 6 bridgehead atoms. The molecule has 0 saturated carbocycles. The number of rotatable bonds is 0. The Morgan fingerprint density at radius 1 is 0.356 bits per heavy atom. The molecule has 9 nitrogen and oxygen atoms in total. The van der Waals surface area contributed by atoms with Gasteiger partial charge in [0.15, 0.2) is 0 Å². The molecule has 0 atom stereocenters. The van der Waals surface area contributed by atoms with Crippen LogP contribution in [0.25, 0.3) is 0 Å². The van der Waals surface area contributed by atoms with Crippen LogP contribution in [0, 0.1) is 16.2 Å². The van der Waals surface area contributed by atoms with Crippen molar-refractivity contribution in [3.8, 4) is 0 Å². The van der Waals surface area contributed by atoms with Crippen molar-refractivity contribution in [3.63, 3.8) is 0 Å². The molecule has 8 rings (SSSR count). The summed E-state index contributed by atoms with van der Waals surface area (Å²) < 4.78 is 59.5. The van der Waals surface area contributed by atoms with E-state index in [1.807, 2.05) is 0 Å². The van der Waals surface area contributed by atoms with Gasteiger partial charge in [-0.2, -0.15) is 0 Å². The molecular formula is C36H48O9. The molecule has 0 aromatic heterocycles. The molecule has 6 aliphatic heterocycles. The zero-order chi connectivity index (χ0) is 31.6. The van der Waals surface area contributed by atoms with Gasteiger partial charge in [0.25, 0.3) is 0 Å². The Morgan fingerprint density at radius 2 is 0.600 bits per heavy atom. The van der Waals surface area contributed by atoms with Crippen LogP contribution in [0.1, 0.15) is 74.9 Å². The molecule has 6 aliphatic rings. The second-order valence-corrected chi connectivity index (χ2v) is 15.9. The molecular weight excluding hydrogens is 576 g/mol. The largest absolute Gasteiger partial charge is 0.371 e. The van der Waals surface area contributed by atoms with Crippen LogP contribution in [0.4, 0.5) is 0 Å². The molecule has 6 heterocycles. The monoisotopic (exact) mass is 624 g/mol. The molecule has 0 amide bonds. The summed E-state index contributed by atoms with van der Waals surface area (Å²) in [5.41, 5.74) is 4.95. The minimum absolute atomic E-state index is 0.151. The molecule has 2 aromatic rings. The summed E-state index contributed by atoms with van der Waals surface area (Å²) in [6, 6.07) is 12.5. The van der Waals surface area contributed by atoms with Gasteiger partial charge in [-0.05, 0) is 34.9 Å². The fraction of sp³-hybridized carbons (Fsp3) is 0.667. The van der Waals surface area contributed by atoms with E-state index in [1.165, 1.54) is 0 Å². The Labute approximate surface area is 266 Å². The van der Waals surface area contributed by atoms with Crippen molar-refractivity contribution >= 4 is 0 Å². The van der Waals surface area contributed by atoms with Crippen molar-refractivity contribution in [2.75, 3.05) is 59.5 Å². The lowest BCUT2D eigenvalue weighted by atomic mass is 9.88. The van der Waals surface area contributed by atoms with Gasteiger partial charge in [-0.25, -0.2) is 0 Å². The first-order valence-electron chi connectivity index (χ1n) is 16.1. The van der Waals surface area contributed by atoms with Gasteiger partial charge in [-0.15, -0.1) is 0 Å². The molecule has 246 valence electrons. The quantitative estimate of drug-likeness (QED) is 0.370. The molecule has 2 aromatic carbocycles. The summed E-state index contributed by atoms with van der Waals surface area (Å²) in [6.45, 7) is 17.6. The lowest BCUT2D eigenvalue weighted by Crippen LogP contribution is -2.51. The fourth-order valence-electron chi connectivity index (χ4n) is 6.41. The number of fused-ring (bicyclic) bond motifs is 6. The summed E-state index contributed by atoms with van der Waals surface area (Å²) in [5.74, 6) is -3.54. The zero-order valence-corrected chi connectivity index (χ0v) is 27.6. The van der Waals surface area contributed by atoms with Gasteiger partial charge in [0.05, 0.1) is 59.5 Å². The van der Waals surface area contributed by atoms with Crippen LogP contribution in [0.5, 0.6) is 0 Å². The summed E-state index contributed by atoms with van der Waals surface area (Å²) >= 11 is 0. The molecule has 0 aliphatic carbocycles. The Kier molecular flexibility index (Phi) is 7.99. The minimum atomic E-state index is -1.18. The second kappa shape index (κ2) is 11.4. The maximum Gasteiger partial charge on any atom is 0.219 e. The second-order valence-electron chi connectivity index (χ2n) is 15.9. The third kappa shape index (κ3) is 6.36. The van der Waals surface area contributed by atoms with Crippen molar-refractivity contribution < 1.29 is 42.6 Å². The first kappa shape index (κ1) is 31.7. The highest BCUT2D eigenvalue weighted by molar-refractivity contribution is 5.39. The number of hydrogen-bond acceptors (Lipinski definition) is 9. The predicted octanol–water partition coefficient (Wildman–Crippen LogP) is 5.64. The van der Waals surface area contributed by atoms with Gasteiger partial charge in [-0.3, -0.25) is 0 Å². The number of ether oxygens (including phenoxy) is 9. The van der Waals surface area contributed by atoms with Crippen LogP contribution >= 0.6 is 0 Å². The van der Waals surface area contributed by atoms with E-state index in [4.69, 9.17) is 42.6 Å². The lowest BCUT2D eigenvalue weighted by Gasteiger charge is -2.47. The SMILES string of the molecule is CC1(C)COC2(COCc3cc4cc(c3)COCC3(OCC(C)(C)CO3)c3cc2cc(c3)C2(COC4)OCC(C)(C)CO2)OC1. The van der Waals surface area contributed by atoms with Gasteiger partial charge < -0.3 is 42.6 Å². The number of hydrogen-bond donors (Lipinski definition) is 0. The molecule has 0 radical (unpaired) electrons. The van der Waals surface area contributed by atoms with Crippen molar-refractivity contribution in [1.29, 1.82) is 0 Å². The van der Waals surface area contributed by atoms with Crippen molar-refractivity contribution in [2.45, 2.75) is 78.7 Å². The summed E-state index contributed by atoms with van der Waals surface area (Å²) in [5, 5.41) is 0. The highest BCUT2D eigenvalue weighted by atomic mass is 16.7. The summed E-state index contributed by atoms with van der Waals surface area (Å²) in [4.78, 5) is 0. The van der Waals surface area contributed by atoms with Crippen LogP contribution in [-0.2, 0) is 79.8 Å². The fourth-order valence-corrected chi connectivity index (χ4v) is 6.41. The van der Waals surface area contributed by atoms with Crippen LogP contribution in [0.2, 0.25) is 0 Å². The maximum absolute atomic E-state index is 6.69. The van der Waals surface area contributed by atoms with Crippen LogP contribution in [-0.4, -0.2) is 59.5 Å². The average molecular weight is 625 g/mol. The summed E-state index contributed by atoms with van der Waals surface area (Å²) in [6.07, 6.45) is 0. The van der Waals surface area contributed by atoms with Crippen molar-refractivity contribution in [3.05, 3.63) is 69.8 Å².